The number of para-hydroxylation sites is 1. The minimum atomic E-state index is -4.97. The fraction of sp³-hybridized carbons (Fsp3) is 0.462. The molecule has 5 heteroatoms. The first kappa shape index (κ1) is 14.5. The molecule has 100 valence electrons. The molecule has 0 saturated heterocycles. The zero-order valence-corrected chi connectivity index (χ0v) is 10.3. The highest BCUT2D eigenvalue weighted by atomic mass is 19.4. The summed E-state index contributed by atoms with van der Waals surface area (Å²) >= 11 is 0. The van der Waals surface area contributed by atoms with Crippen molar-refractivity contribution in [3.63, 3.8) is 0 Å². The van der Waals surface area contributed by atoms with E-state index in [0.29, 0.717) is 17.9 Å². The van der Waals surface area contributed by atoms with Crippen LogP contribution in [0.4, 0.5) is 13.2 Å². The maximum Gasteiger partial charge on any atom is 0.491 e. The molecule has 0 radical (unpaired) electrons. The molecule has 1 aromatic carbocycles. The van der Waals surface area contributed by atoms with E-state index in [1.807, 2.05) is 13.8 Å². The van der Waals surface area contributed by atoms with Crippen molar-refractivity contribution in [3.8, 4) is 5.75 Å². The zero-order valence-electron chi connectivity index (χ0n) is 10.3. The van der Waals surface area contributed by atoms with Crippen LogP contribution in [-0.2, 0) is 11.2 Å². The number of hydrogen-bond acceptors (Lipinski definition) is 2. The van der Waals surface area contributed by atoms with E-state index in [2.05, 4.69) is 4.74 Å². The Kier molecular flexibility index (Phi) is 4.76. The Morgan fingerprint density at radius 3 is 2.44 bits per heavy atom. The van der Waals surface area contributed by atoms with Crippen molar-refractivity contribution in [2.24, 2.45) is 5.92 Å². The number of ether oxygens (including phenoxy) is 1. The number of esters is 1. The van der Waals surface area contributed by atoms with Gasteiger partial charge in [0.15, 0.2) is 0 Å². The number of hydrogen-bond donors (Lipinski definition) is 0. The summed E-state index contributed by atoms with van der Waals surface area (Å²) in [5, 5.41) is 0. The Morgan fingerprint density at radius 2 is 1.89 bits per heavy atom. The summed E-state index contributed by atoms with van der Waals surface area (Å²) < 4.78 is 40.7. The van der Waals surface area contributed by atoms with E-state index in [9.17, 15) is 18.0 Å². The third-order valence-corrected chi connectivity index (χ3v) is 2.40. The lowest BCUT2D eigenvalue weighted by Gasteiger charge is -2.12. The van der Waals surface area contributed by atoms with Crippen LogP contribution in [0, 0.1) is 5.92 Å². The first-order chi connectivity index (χ1) is 8.30. The number of alkyl halides is 3. The van der Waals surface area contributed by atoms with Gasteiger partial charge in [-0.25, -0.2) is 4.79 Å². The molecule has 0 bridgehead atoms. The van der Waals surface area contributed by atoms with Gasteiger partial charge in [-0.3, -0.25) is 0 Å². The third kappa shape index (κ3) is 4.39. The van der Waals surface area contributed by atoms with E-state index < -0.39 is 12.1 Å². The molecule has 0 heterocycles. The maximum absolute atomic E-state index is 12.1. The standard InChI is InChI=1S/C13H15F3O2/c1-9(2)7-8-10-5-3-4-6-11(10)18-12(17)13(14,15)16/h3-6,9H,7-8H2,1-2H3. The second kappa shape index (κ2) is 5.89. The average Bonchev–Trinajstić information content (AvgIpc) is 2.26. The Morgan fingerprint density at radius 1 is 1.28 bits per heavy atom. The molecular weight excluding hydrogens is 245 g/mol. The molecule has 0 N–H and O–H groups in total. The van der Waals surface area contributed by atoms with Crippen LogP contribution >= 0.6 is 0 Å². The van der Waals surface area contributed by atoms with Gasteiger partial charge >= 0.3 is 12.1 Å². The highest BCUT2D eigenvalue weighted by Gasteiger charge is 2.41. The van der Waals surface area contributed by atoms with Gasteiger partial charge in [-0.2, -0.15) is 13.2 Å². The van der Waals surface area contributed by atoms with Crippen molar-refractivity contribution in [2.75, 3.05) is 0 Å². The molecule has 1 rings (SSSR count). The van der Waals surface area contributed by atoms with Gasteiger partial charge < -0.3 is 4.74 Å². The van der Waals surface area contributed by atoms with Crippen molar-refractivity contribution in [2.45, 2.75) is 32.9 Å². The Balaban J connectivity index is 2.79. The molecule has 2 nitrogen and oxygen atoms in total. The SMILES string of the molecule is CC(C)CCc1ccccc1OC(=O)C(F)(F)F. The summed E-state index contributed by atoms with van der Waals surface area (Å²) in [6.45, 7) is 4.04. The van der Waals surface area contributed by atoms with E-state index in [4.69, 9.17) is 0 Å². The van der Waals surface area contributed by atoms with E-state index in [1.165, 1.54) is 12.1 Å². The van der Waals surface area contributed by atoms with Crippen LogP contribution < -0.4 is 4.74 Å². The number of aryl methyl sites for hydroxylation is 1. The van der Waals surface area contributed by atoms with E-state index in [1.54, 1.807) is 12.1 Å². The van der Waals surface area contributed by atoms with Crippen molar-refractivity contribution >= 4 is 5.97 Å². The number of benzene rings is 1. The molecule has 0 atom stereocenters. The summed E-state index contributed by atoms with van der Waals surface area (Å²) in [7, 11) is 0. The average molecular weight is 260 g/mol. The lowest BCUT2D eigenvalue weighted by atomic mass is 10.0. The van der Waals surface area contributed by atoms with Crippen LogP contribution in [0.5, 0.6) is 5.75 Å². The number of rotatable bonds is 4. The molecule has 0 aromatic heterocycles. The molecule has 1 aromatic rings. The highest BCUT2D eigenvalue weighted by molar-refractivity contribution is 5.78. The van der Waals surface area contributed by atoms with Crippen LogP contribution in [0.25, 0.3) is 0 Å². The van der Waals surface area contributed by atoms with E-state index in [-0.39, 0.29) is 5.75 Å². The first-order valence-electron chi connectivity index (χ1n) is 5.67. The predicted molar refractivity (Wildman–Crippen MR) is 61.3 cm³/mol. The summed E-state index contributed by atoms with van der Waals surface area (Å²) in [5.41, 5.74) is 0.615. The van der Waals surface area contributed by atoms with E-state index >= 15 is 0 Å². The lowest BCUT2D eigenvalue weighted by molar-refractivity contribution is -0.189. The third-order valence-electron chi connectivity index (χ3n) is 2.40. The normalized spacial score (nSPS) is 11.7. The molecule has 0 saturated carbocycles. The van der Waals surface area contributed by atoms with Crippen LogP contribution in [0.2, 0.25) is 0 Å². The molecule has 18 heavy (non-hydrogen) atoms. The van der Waals surface area contributed by atoms with Gasteiger partial charge in [0.25, 0.3) is 0 Å². The molecule has 0 unspecified atom stereocenters. The van der Waals surface area contributed by atoms with Gasteiger partial charge in [0.2, 0.25) is 0 Å². The van der Waals surface area contributed by atoms with Crippen molar-refractivity contribution in [3.05, 3.63) is 29.8 Å². The van der Waals surface area contributed by atoms with Crippen molar-refractivity contribution in [1.82, 2.24) is 0 Å². The minimum absolute atomic E-state index is 0.0134. The lowest BCUT2D eigenvalue weighted by Crippen LogP contribution is -2.28. The van der Waals surface area contributed by atoms with Gasteiger partial charge in [0, 0.05) is 0 Å². The van der Waals surface area contributed by atoms with Crippen molar-refractivity contribution in [1.29, 1.82) is 0 Å². The van der Waals surface area contributed by atoms with E-state index in [0.717, 1.165) is 6.42 Å². The summed E-state index contributed by atoms with van der Waals surface area (Å²) in [6, 6.07) is 6.29. The largest absolute Gasteiger partial charge is 0.491 e. The second-order valence-electron chi connectivity index (χ2n) is 4.43. The Labute approximate surface area is 104 Å². The van der Waals surface area contributed by atoms with Gasteiger partial charge in [0.1, 0.15) is 5.75 Å². The van der Waals surface area contributed by atoms with Crippen LogP contribution in [0.3, 0.4) is 0 Å². The van der Waals surface area contributed by atoms with Crippen LogP contribution in [0.15, 0.2) is 24.3 Å². The summed E-state index contributed by atoms with van der Waals surface area (Å²) in [6.07, 6.45) is -3.56. The highest BCUT2D eigenvalue weighted by Crippen LogP contribution is 2.24. The van der Waals surface area contributed by atoms with Gasteiger partial charge in [-0.15, -0.1) is 0 Å². The fourth-order valence-electron chi connectivity index (χ4n) is 1.41. The molecule has 0 aliphatic carbocycles. The monoisotopic (exact) mass is 260 g/mol. The maximum atomic E-state index is 12.1. The predicted octanol–water partition coefficient (Wildman–Crippen LogP) is 3.74. The molecule has 0 amide bonds. The van der Waals surface area contributed by atoms with Crippen LogP contribution in [0.1, 0.15) is 25.8 Å². The first-order valence-corrected chi connectivity index (χ1v) is 5.67. The Hall–Kier alpha value is -1.52. The summed E-state index contributed by atoms with van der Waals surface area (Å²) in [4.78, 5) is 10.8. The smallest absolute Gasteiger partial charge is 0.420 e. The van der Waals surface area contributed by atoms with Gasteiger partial charge in [-0.05, 0) is 30.4 Å². The number of carbonyl (C=O) groups is 1. The minimum Gasteiger partial charge on any atom is -0.420 e. The van der Waals surface area contributed by atoms with Crippen molar-refractivity contribution < 1.29 is 22.7 Å². The topological polar surface area (TPSA) is 26.3 Å². The molecule has 0 aliphatic rings. The molecular formula is C13H15F3O2. The molecule has 0 fully saturated rings. The summed E-state index contributed by atoms with van der Waals surface area (Å²) in [5.74, 6) is -1.77. The van der Waals surface area contributed by atoms with Gasteiger partial charge in [-0.1, -0.05) is 32.0 Å². The molecule has 0 aliphatic heterocycles. The quantitative estimate of drug-likeness (QED) is 0.609. The zero-order chi connectivity index (χ0) is 13.8. The number of halogens is 3. The van der Waals surface area contributed by atoms with Crippen LogP contribution in [-0.4, -0.2) is 12.1 Å². The second-order valence-corrected chi connectivity index (χ2v) is 4.43. The number of carbonyl (C=O) groups excluding carboxylic acids is 1. The Bertz CT molecular complexity index is 411. The van der Waals surface area contributed by atoms with Gasteiger partial charge in [0.05, 0.1) is 0 Å². The fourth-order valence-corrected chi connectivity index (χ4v) is 1.41. The molecule has 0 spiro atoms.